The molecule has 0 aliphatic carbocycles. The summed E-state index contributed by atoms with van der Waals surface area (Å²) in [7, 11) is 1.80. The zero-order chi connectivity index (χ0) is 20.8. The van der Waals surface area contributed by atoms with Crippen molar-refractivity contribution in [1.82, 2.24) is 15.6 Å². The number of guanidine groups is 1. The molecule has 2 aliphatic rings. The second-order valence-electron chi connectivity index (χ2n) is 7.58. The minimum absolute atomic E-state index is 0. The number of hydrogen-bond acceptors (Lipinski definition) is 5. The molecule has 2 N–H and O–H groups in total. The van der Waals surface area contributed by atoms with E-state index in [-0.39, 0.29) is 24.0 Å². The molecule has 0 amide bonds. The summed E-state index contributed by atoms with van der Waals surface area (Å²) in [4.78, 5) is 13.4. The molecule has 168 valence electrons. The number of ether oxygens (including phenoxy) is 1. The van der Waals surface area contributed by atoms with Crippen LogP contribution in [0.15, 0.2) is 47.6 Å². The van der Waals surface area contributed by atoms with Crippen LogP contribution in [0.2, 0.25) is 5.02 Å². The Bertz CT molecular complexity index is 859. The van der Waals surface area contributed by atoms with Gasteiger partial charge >= 0.3 is 0 Å². The molecule has 9 heteroatoms. The molecular weight excluding hydrogens is 527 g/mol. The zero-order valence-corrected chi connectivity index (χ0v) is 20.8. The number of nitrogens with zero attached hydrogens (tertiary/aromatic N) is 4. The van der Waals surface area contributed by atoms with E-state index in [2.05, 4.69) is 54.7 Å². The van der Waals surface area contributed by atoms with Gasteiger partial charge in [0, 0.05) is 57.7 Å². The fraction of sp³-hybridized carbons (Fsp3) is 0.455. The van der Waals surface area contributed by atoms with Gasteiger partial charge in [0.05, 0.1) is 18.2 Å². The van der Waals surface area contributed by atoms with E-state index in [0.717, 1.165) is 64.1 Å². The van der Waals surface area contributed by atoms with Crippen LogP contribution in [-0.4, -0.2) is 63.4 Å². The molecule has 2 fully saturated rings. The van der Waals surface area contributed by atoms with Crippen molar-refractivity contribution < 1.29 is 4.74 Å². The molecule has 31 heavy (non-hydrogen) atoms. The number of benzene rings is 1. The van der Waals surface area contributed by atoms with Crippen LogP contribution in [0.25, 0.3) is 0 Å². The largest absolute Gasteiger partial charge is 0.378 e. The SMILES string of the molecule is CN=C(NCc1ccc(N2CCOCC2)cc1)NC1CCN(c2ncccc2Cl)C1.I. The van der Waals surface area contributed by atoms with E-state index < -0.39 is 0 Å². The van der Waals surface area contributed by atoms with Crippen molar-refractivity contribution in [1.29, 1.82) is 0 Å². The molecule has 7 nitrogen and oxygen atoms in total. The third kappa shape index (κ3) is 6.36. The first-order valence-electron chi connectivity index (χ1n) is 10.5. The predicted molar refractivity (Wildman–Crippen MR) is 138 cm³/mol. The van der Waals surface area contributed by atoms with E-state index in [0.29, 0.717) is 11.1 Å². The molecule has 1 aromatic heterocycles. The van der Waals surface area contributed by atoms with Crippen molar-refractivity contribution in [2.75, 3.05) is 56.2 Å². The summed E-state index contributed by atoms with van der Waals surface area (Å²) in [5.41, 5.74) is 2.48. The number of hydrogen-bond donors (Lipinski definition) is 2. The Morgan fingerprint density at radius 1 is 1.16 bits per heavy atom. The smallest absolute Gasteiger partial charge is 0.191 e. The minimum Gasteiger partial charge on any atom is -0.378 e. The summed E-state index contributed by atoms with van der Waals surface area (Å²) in [6, 6.07) is 12.8. The lowest BCUT2D eigenvalue weighted by Crippen LogP contribution is -2.44. The zero-order valence-electron chi connectivity index (χ0n) is 17.8. The van der Waals surface area contributed by atoms with Crippen LogP contribution >= 0.6 is 35.6 Å². The lowest BCUT2D eigenvalue weighted by molar-refractivity contribution is 0.122. The van der Waals surface area contributed by atoms with Crippen molar-refractivity contribution in [2.45, 2.75) is 19.0 Å². The fourth-order valence-corrected chi connectivity index (χ4v) is 4.14. The lowest BCUT2D eigenvalue weighted by atomic mass is 10.2. The third-order valence-electron chi connectivity index (χ3n) is 5.56. The van der Waals surface area contributed by atoms with Gasteiger partial charge in [-0.25, -0.2) is 4.98 Å². The molecule has 0 radical (unpaired) electrons. The number of aromatic nitrogens is 1. The average Bonchev–Trinajstić information content (AvgIpc) is 3.26. The summed E-state index contributed by atoms with van der Waals surface area (Å²) >= 11 is 6.29. The van der Waals surface area contributed by atoms with Crippen LogP contribution in [0.3, 0.4) is 0 Å². The van der Waals surface area contributed by atoms with Gasteiger partial charge in [-0.3, -0.25) is 4.99 Å². The van der Waals surface area contributed by atoms with Crippen LogP contribution in [0.1, 0.15) is 12.0 Å². The van der Waals surface area contributed by atoms with Crippen LogP contribution in [0, 0.1) is 0 Å². The van der Waals surface area contributed by atoms with Crippen molar-refractivity contribution in [3.05, 3.63) is 53.2 Å². The Kier molecular flexibility index (Phi) is 9.03. The molecule has 0 bridgehead atoms. The Hall–Kier alpha value is -1.78. The van der Waals surface area contributed by atoms with Crippen LogP contribution in [0.5, 0.6) is 0 Å². The number of aliphatic imine (C=N–C) groups is 1. The molecule has 2 aliphatic heterocycles. The van der Waals surface area contributed by atoms with Crippen molar-refractivity contribution in [3.8, 4) is 0 Å². The first-order valence-corrected chi connectivity index (χ1v) is 10.8. The number of anilines is 2. The van der Waals surface area contributed by atoms with Gasteiger partial charge in [-0.05, 0) is 36.2 Å². The number of nitrogens with one attached hydrogen (secondary N) is 2. The summed E-state index contributed by atoms with van der Waals surface area (Å²) in [5, 5.41) is 7.64. The van der Waals surface area contributed by atoms with Gasteiger partial charge in [0.15, 0.2) is 5.96 Å². The fourth-order valence-electron chi connectivity index (χ4n) is 3.90. The highest BCUT2D eigenvalue weighted by Crippen LogP contribution is 2.25. The second kappa shape index (κ2) is 11.7. The van der Waals surface area contributed by atoms with Gasteiger partial charge in [-0.15, -0.1) is 24.0 Å². The molecule has 2 saturated heterocycles. The first kappa shape index (κ1) is 23.9. The molecule has 0 saturated carbocycles. The highest BCUT2D eigenvalue weighted by molar-refractivity contribution is 14.0. The summed E-state index contributed by atoms with van der Waals surface area (Å²) in [6.07, 6.45) is 2.80. The molecule has 2 aromatic rings. The topological polar surface area (TPSA) is 65.0 Å². The van der Waals surface area contributed by atoms with Crippen LogP contribution < -0.4 is 20.4 Å². The second-order valence-corrected chi connectivity index (χ2v) is 7.98. The maximum Gasteiger partial charge on any atom is 0.191 e. The van der Waals surface area contributed by atoms with Gasteiger partial charge in [-0.1, -0.05) is 23.7 Å². The molecule has 0 spiro atoms. The van der Waals surface area contributed by atoms with Gasteiger partial charge in [0.25, 0.3) is 0 Å². The lowest BCUT2D eigenvalue weighted by Gasteiger charge is -2.29. The Labute approximate surface area is 206 Å². The van der Waals surface area contributed by atoms with Gasteiger partial charge in [0.2, 0.25) is 0 Å². The van der Waals surface area contributed by atoms with E-state index >= 15 is 0 Å². The highest BCUT2D eigenvalue weighted by atomic mass is 127. The minimum atomic E-state index is 0. The molecule has 3 heterocycles. The number of pyridine rings is 1. The molecule has 4 rings (SSSR count). The first-order chi connectivity index (χ1) is 14.7. The Morgan fingerprint density at radius 3 is 2.65 bits per heavy atom. The normalized spacial score (nSPS) is 19.2. The Morgan fingerprint density at radius 2 is 1.94 bits per heavy atom. The highest BCUT2D eigenvalue weighted by Gasteiger charge is 2.25. The summed E-state index contributed by atoms with van der Waals surface area (Å²) in [6.45, 7) is 6.02. The van der Waals surface area contributed by atoms with Gasteiger partial charge in [0.1, 0.15) is 5.82 Å². The third-order valence-corrected chi connectivity index (χ3v) is 5.86. The summed E-state index contributed by atoms with van der Waals surface area (Å²) in [5.74, 6) is 1.66. The maximum absolute atomic E-state index is 6.29. The summed E-state index contributed by atoms with van der Waals surface area (Å²) < 4.78 is 5.43. The van der Waals surface area contributed by atoms with E-state index in [1.807, 2.05) is 12.1 Å². The van der Waals surface area contributed by atoms with E-state index in [1.165, 1.54) is 11.3 Å². The predicted octanol–water partition coefficient (Wildman–Crippen LogP) is 3.13. The van der Waals surface area contributed by atoms with Crippen molar-refractivity contribution in [2.24, 2.45) is 4.99 Å². The van der Waals surface area contributed by atoms with E-state index in [1.54, 1.807) is 13.2 Å². The monoisotopic (exact) mass is 556 g/mol. The number of halogens is 2. The maximum atomic E-state index is 6.29. The quantitative estimate of drug-likeness (QED) is 0.335. The average molecular weight is 557 g/mol. The molecule has 1 aromatic carbocycles. The number of morpholine rings is 1. The van der Waals surface area contributed by atoms with Gasteiger partial charge in [-0.2, -0.15) is 0 Å². The standard InChI is InChI=1S/C22H29ClN6O.HI/c1-24-22(27-18-8-10-29(16-18)21-20(23)3-2-9-25-21)26-15-17-4-6-19(7-5-17)28-11-13-30-14-12-28;/h2-7,9,18H,8,10-16H2,1H3,(H2,24,26,27);1H. The number of rotatable bonds is 5. The van der Waals surface area contributed by atoms with Crippen molar-refractivity contribution >= 4 is 53.0 Å². The van der Waals surface area contributed by atoms with Crippen LogP contribution in [-0.2, 0) is 11.3 Å². The van der Waals surface area contributed by atoms with Gasteiger partial charge < -0.3 is 25.2 Å². The molecule has 1 atom stereocenters. The van der Waals surface area contributed by atoms with E-state index in [4.69, 9.17) is 16.3 Å². The van der Waals surface area contributed by atoms with Crippen LogP contribution in [0.4, 0.5) is 11.5 Å². The van der Waals surface area contributed by atoms with Crippen molar-refractivity contribution in [3.63, 3.8) is 0 Å². The molecular formula is C22H30ClIN6O. The molecule has 1 unspecified atom stereocenters. The van der Waals surface area contributed by atoms with E-state index in [9.17, 15) is 0 Å². The Balaban J connectivity index is 0.00000272.